The lowest BCUT2D eigenvalue weighted by atomic mass is 10.0. The van der Waals surface area contributed by atoms with Crippen LogP contribution in [0.25, 0.3) is 11.1 Å². The van der Waals surface area contributed by atoms with Crippen molar-refractivity contribution in [2.24, 2.45) is 0 Å². The molecule has 0 aliphatic heterocycles. The van der Waals surface area contributed by atoms with Crippen LogP contribution < -0.4 is 5.23 Å². The smallest absolute Gasteiger partial charge is 0.337 e. The minimum Gasteiger partial charge on any atom is -0.478 e. The first kappa shape index (κ1) is 12.2. The lowest BCUT2D eigenvalue weighted by Crippen LogP contribution is -2.03. The van der Waals surface area contributed by atoms with Gasteiger partial charge in [-0.15, -0.1) is 0 Å². The van der Waals surface area contributed by atoms with Gasteiger partial charge in [0.05, 0.1) is 5.56 Å². The Kier molecular flexibility index (Phi) is 3.32. The van der Waals surface area contributed by atoms with Crippen LogP contribution >= 0.6 is 0 Å². The van der Waals surface area contributed by atoms with Crippen LogP contribution in [-0.2, 0) is 0 Å². The van der Waals surface area contributed by atoms with E-state index in [4.69, 9.17) is 13.1 Å². The summed E-state index contributed by atoms with van der Waals surface area (Å²) < 4.78 is 13.6. The van der Waals surface area contributed by atoms with Gasteiger partial charge in [-0.1, -0.05) is 24.3 Å². The van der Waals surface area contributed by atoms with Crippen LogP contribution in [0.15, 0.2) is 42.5 Å². The van der Waals surface area contributed by atoms with E-state index in [0.717, 1.165) is 0 Å². The van der Waals surface area contributed by atoms with Gasteiger partial charge in [-0.2, -0.15) is 0 Å². The third-order valence-electron chi connectivity index (χ3n) is 2.59. The molecule has 0 aromatic heterocycles. The van der Waals surface area contributed by atoms with Crippen molar-refractivity contribution in [2.45, 2.75) is 0 Å². The third-order valence-corrected chi connectivity index (χ3v) is 2.59. The standard InChI is InChI=1S/C13H9BFNO2/c14-16-12-7-8(5-6-10(12)13(17)18)9-3-1-2-4-11(9)15/h1-7,16H,(H,17,18). The molecule has 5 heteroatoms. The van der Waals surface area contributed by atoms with Gasteiger partial charge >= 0.3 is 5.97 Å². The lowest BCUT2D eigenvalue weighted by molar-refractivity contribution is 0.0698. The molecule has 18 heavy (non-hydrogen) atoms. The molecule has 2 aromatic rings. The van der Waals surface area contributed by atoms with E-state index in [1.165, 1.54) is 18.2 Å². The number of carboxylic acids is 1. The Morgan fingerprint density at radius 2 is 1.94 bits per heavy atom. The van der Waals surface area contributed by atoms with Gasteiger partial charge in [-0.3, -0.25) is 0 Å². The molecule has 3 nitrogen and oxygen atoms in total. The summed E-state index contributed by atoms with van der Waals surface area (Å²) in [5.41, 5.74) is 1.23. The van der Waals surface area contributed by atoms with E-state index in [1.807, 2.05) is 0 Å². The average Bonchev–Trinajstić information content (AvgIpc) is 2.38. The molecule has 0 aliphatic carbocycles. The molecule has 0 atom stereocenters. The molecule has 0 saturated carbocycles. The Balaban J connectivity index is 2.55. The molecular weight excluding hydrogens is 232 g/mol. The van der Waals surface area contributed by atoms with Crippen LogP contribution in [0.3, 0.4) is 0 Å². The average molecular weight is 241 g/mol. The summed E-state index contributed by atoms with van der Waals surface area (Å²) in [6, 6.07) is 10.7. The SMILES string of the molecule is [B]Nc1cc(-c2ccccc2F)ccc1C(=O)O. The van der Waals surface area contributed by atoms with Crippen LogP contribution in [0, 0.1) is 5.82 Å². The number of aromatic carboxylic acids is 1. The summed E-state index contributed by atoms with van der Waals surface area (Å²) in [4.78, 5) is 10.9. The van der Waals surface area contributed by atoms with E-state index < -0.39 is 5.97 Å². The fourth-order valence-electron chi connectivity index (χ4n) is 1.71. The monoisotopic (exact) mass is 241 g/mol. The van der Waals surface area contributed by atoms with Crippen LogP contribution in [0.1, 0.15) is 10.4 Å². The van der Waals surface area contributed by atoms with Gasteiger partial charge in [-0.05, 0) is 23.8 Å². The molecular formula is C13H9BFNO2. The zero-order valence-corrected chi connectivity index (χ0v) is 9.35. The van der Waals surface area contributed by atoms with Gasteiger partial charge in [0.2, 0.25) is 7.98 Å². The zero-order chi connectivity index (χ0) is 13.1. The second-order valence-corrected chi connectivity index (χ2v) is 3.69. The highest BCUT2D eigenvalue weighted by Crippen LogP contribution is 2.27. The molecule has 0 amide bonds. The number of carboxylic acid groups (broad SMARTS) is 1. The van der Waals surface area contributed by atoms with E-state index in [0.29, 0.717) is 11.1 Å². The van der Waals surface area contributed by atoms with Gasteiger partial charge in [-0.25, -0.2) is 9.18 Å². The zero-order valence-electron chi connectivity index (χ0n) is 9.35. The predicted molar refractivity (Wildman–Crippen MR) is 68.2 cm³/mol. The van der Waals surface area contributed by atoms with Crippen molar-refractivity contribution in [1.82, 2.24) is 0 Å². The van der Waals surface area contributed by atoms with Crippen molar-refractivity contribution < 1.29 is 14.3 Å². The van der Waals surface area contributed by atoms with Gasteiger partial charge in [0.15, 0.2) is 0 Å². The molecule has 0 bridgehead atoms. The minimum atomic E-state index is -1.09. The van der Waals surface area contributed by atoms with Crippen LogP contribution in [0.4, 0.5) is 10.1 Å². The summed E-state index contributed by atoms with van der Waals surface area (Å²) in [5, 5.41) is 11.2. The lowest BCUT2D eigenvalue weighted by Gasteiger charge is -2.09. The molecule has 2 rings (SSSR count). The van der Waals surface area contributed by atoms with Gasteiger partial charge in [0, 0.05) is 11.3 Å². The highest BCUT2D eigenvalue weighted by atomic mass is 19.1. The van der Waals surface area contributed by atoms with E-state index in [2.05, 4.69) is 5.23 Å². The van der Waals surface area contributed by atoms with Gasteiger partial charge in [0.25, 0.3) is 0 Å². The Morgan fingerprint density at radius 1 is 1.22 bits per heavy atom. The minimum absolute atomic E-state index is 0.0394. The van der Waals surface area contributed by atoms with E-state index in [9.17, 15) is 9.18 Å². The first-order valence-electron chi connectivity index (χ1n) is 5.22. The first-order valence-corrected chi connectivity index (χ1v) is 5.22. The van der Waals surface area contributed by atoms with Crippen LogP contribution in [0.5, 0.6) is 0 Å². The molecule has 2 aromatic carbocycles. The fourth-order valence-corrected chi connectivity index (χ4v) is 1.71. The Bertz CT molecular complexity index is 601. The molecule has 0 spiro atoms. The maximum Gasteiger partial charge on any atom is 0.337 e. The summed E-state index contributed by atoms with van der Waals surface area (Å²) in [6.45, 7) is 0. The topological polar surface area (TPSA) is 49.3 Å². The largest absolute Gasteiger partial charge is 0.478 e. The first-order chi connectivity index (χ1) is 8.63. The Hall–Kier alpha value is -2.30. The molecule has 88 valence electrons. The van der Waals surface area contributed by atoms with Crippen molar-refractivity contribution in [3.05, 3.63) is 53.8 Å². The quantitative estimate of drug-likeness (QED) is 0.812. The molecule has 2 N–H and O–H groups in total. The molecule has 0 aliphatic rings. The Labute approximate surface area is 105 Å². The Morgan fingerprint density at radius 3 is 2.56 bits per heavy atom. The van der Waals surface area contributed by atoms with E-state index in [-0.39, 0.29) is 17.1 Å². The van der Waals surface area contributed by atoms with Crippen LogP contribution in [-0.4, -0.2) is 19.1 Å². The van der Waals surface area contributed by atoms with Crippen LogP contribution in [0.2, 0.25) is 0 Å². The number of hydrogen-bond acceptors (Lipinski definition) is 2. The molecule has 0 fully saturated rings. The van der Waals surface area contributed by atoms with Crippen molar-refractivity contribution in [1.29, 1.82) is 0 Å². The normalized spacial score (nSPS) is 10.1. The third kappa shape index (κ3) is 2.20. The summed E-state index contributed by atoms with van der Waals surface area (Å²) in [5.74, 6) is -1.47. The number of rotatable bonds is 3. The van der Waals surface area contributed by atoms with Crippen molar-refractivity contribution >= 4 is 19.6 Å². The number of halogens is 1. The summed E-state index contributed by atoms with van der Waals surface area (Å²) in [6.07, 6.45) is 0. The maximum absolute atomic E-state index is 13.6. The molecule has 2 radical (unpaired) electrons. The predicted octanol–water partition coefficient (Wildman–Crippen LogP) is 2.69. The second-order valence-electron chi connectivity index (χ2n) is 3.69. The molecule has 0 heterocycles. The molecule has 0 unspecified atom stereocenters. The fraction of sp³-hybridized carbons (Fsp3) is 0. The molecule has 0 saturated heterocycles. The van der Waals surface area contributed by atoms with Gasteiger partial charge < -0.3 is 10.3 Å². The highest BCUT2D eigenvalue weighted by Gasteiger charge is 2.11. The second kappa shape index (κ2) is 4.92. The number of anilines is 1. The van der Waals surface area contributed by atoms with Crippen molar-refractivity contribution in [2.75, 3.05) is 5.23 Å². The van der Waals surface area contributed by atoms with Crippen molar-refractivity contribution in [3.8, 4) is 11.1 Å². The van der Waals surface area contributed by atoms with E-state index >= 15 is 0 Å². The number of nitrogens with one attached hydrogen (secondary N) is 1. The summed E-state index contributed by atoms with van der Waals surface area (Å²) in [7, 11) is 5.27. The number of carbonyl (C=O) groups is 1. The summed E-state index contributed by atoms with van der Waals surface area (Å²) >= 11 is 0. The van der Waals surface area contributed by atoms with Crippen molar-refractivity contribution in [3.63, 3.8) is 0 Å². The van der Waals surface area contributed by atoms with Gasteiger partial charge in [0.1, 0.15) is 5.82 Å². The highest BCUT2D eigenvalue weighted by molar-refractivity contribution is 6.18. The number of hydrogen-bond donors (Lipinski definition) is 2. The maximum atomic E-state index is 13.6. The van der Waals surface area contributed by atoms with E-state index in [1.54, 1.807) is 24.3 Å². The number of benzene rings is 2.